The standard InChI is InChI=1S/C67H82N2O10S4/c1-5-42-13-14-43-9-8-10-51-59(34-70)83-82-37-48-29-60(74)67(49-24-41(32-68-3)25-50(71)30-49,54-38-81-80-36-46-12-11-40(35-78-66(2)20-6-7-21-66)26-57(46)79-58-28-45(54)16-17-55(58)72)65(76)62(48)63(75)47(23-39-19-22-69-33-39)27-44-15-18-56(73)64(77-4)53(44)31-52(42)61(43)51/h8-10,13-19,22,24-25,28,30,33,40,46-48,54,57,59-60,62-63,68-75H,5-7,11-12,20-21,23,26-27,29,31-32,34-38H2,1-4H3/t40-,46-,47-,48+,54-,57+,59+,60-,62-,63+,67+/m1/s1. The second-order valence-electron chi connectivity index (χ2n) is 24.5. The molecule has 0 spiro atoms. The topological polar surface area (TPSA) is 194 Å². The molecule has 11 rings (SSSR count). The smallest absolute Gasteiger partial charge is 0.164 e. The number of aryl methyl sites for hydroxylation is 1. The van der Waals surface area contributed by atoms with Crippen LogP contribution in [-0.2, 0) is 47.2 Å². The molecule has 5 aromatic carbocycles. The fourth-order valence-electron chi connectivity index (χ4n) is 15.0. The third-order valence-electron chi connectivity index (χ3n) is 19.3. The highest BCUT2D eigenvalue weighted by Crippen LogP contribution is 2.57. The first-order chi connectivity index (χ1) is 40.2. The Morgan fingerprint density at radius 1 is 0.855 bits per heavy atom. The average Bonchev–Trinajstić information content (AvgIpc) is 1.21. The van der Waals surface area contributed by atoms with Crippen molar-refractivity contribution in [3.63, 3.8) is 0 Å². The number of aliphatic hydroxyl groups is 3. The minimum absolute atomic E-state index is 0.00237. The van der Waals surface area contributed by atoms with Gasteiger partial charge in [0.25, 0.3) is 0 Å². The van der Waals surface area contributed by atoms with Gasteiger partial charge in [0.1, 0.15) is 11.9 Å². The van der Waals surface area contributed by atoms with Crippen molar-refractivity contribution in [1.82, 2.24) is 10.3 Å². The predicted octanol–water partition coefficient (Wildman–Crippen LogP) is 12.6. The zero-order valence-electron chi connectivity index (χ0n) is 48.2. The molecule has 444 valence electrons. The van der Waals surface area contributed by atoms with Crippen molar-refractivity contribution in [2.75, 3.05) is 44.6 Å². The summed E-state index contributed by atoms with van der Waals surface area (Å²) in [7, 11) is 9.93. The number of rotatable bonds is 12. The summed E-state index contributed by atoms with van der Waals surface area (Å²) in [5.41, 5.74) is 5.85. The van der Waals surface area contributed by atoms with Crippen LogP contribution in [0.25, 0.3) is 10.8 Å². The van der Waals surface area contributed by atoms with Crippen LogP contribution in [0.1, 0.15) is 126 Å². The van der Waals surface area contributed by atoms with Gasteiger partial charge in [-0.05, 0) is 181 Å². The highest BCUT2D eigenvalue weighted by atomic mass is 33.1. The molecular weight excluding hydrogens is 1120 g/mol. The molecule has 3 aliphatic carbocycles. The summed E-state index contributed by atoms with van der Waals surface area (Å²) >= 11 is 0. The molecule has 0 saturated heterocycles. The van der Waals surface area contributed by atoms with Crippen LogP contribution in [0, 0.1) is 29.6 Å². The monoisotopic (exact) mass is 1200 g/mol. The molecule has 0 unspecified atom stereocenters. The number of ether oxygens (including phenoxy) is 3. The molecule has 2 bridgehead atoms. The lowest BCUT2D eigenvalue weighted by molar-refractivity contribution is -0.150. The molecule has 3 heterocycles. The fraction of sp³-hybridized carbons (Fsp3) is 0.507. The number of ketones is 1. The molecule has 83 heavy (non-hydrogen) atoms. The Morgan fingerprint density at radius 3 is 2.43 bits per heavy atom. The van der Waals surface area contributed by atoms with E-state index in [2.05, 4.69) is 48.4 Å². The van der Waals surface area contributed by atoms with Crippen molar-refractivity contribution >= 4 is 59.7 Å². The van der Waals surface area contributed by atoms with Gasteiger partial charge < -0.3 is 55.2 Å². The highest BCUT2D eigenvalue weighted by Gasteiger charge is 2.61. The largest absolute Gasteiger partial charge is 0.508 e. The van der Waals surface area contributed by atoms with Crippen LogP contribution >= 0.6 is 43.2 Å². The fourth-order valence-corrected chi connectivity index (χ4v) is 20.7. The molecule has 1 aromatic heterocycles. The Labute approximate surface area is 504 Å². The van der Waals surface area contributed by atoms with Crippen molar-refractivity contribution in [2.45, 2.75) is 138 Å². The number of phenols is 3. The van der Waals surface area contributed by atoms with Crippen LogP contribution in [0.15, 0.2) is 97.3 Å². The number of H-pyrrole nitrogens is 1. The lowest BCUT2D eigenvalue weighted by Gasteiger charge is -2.52. The average molecular weight is 1200 g/mol. The lowest BCUT2D eigenvalue weighted by Crippen LogP contribution is -2.62. The van der Waals surface area contributed by atoms with Gasteiger partial charge in [-0.3, -0.25) is 4.79 Å². The van der Waals surface area contributed by atoms with E-state index in [9.17, 15) is 30.6 Å². The van der Waals surface area contributed by atoms with Crippen LogP contribution in [0.2, 0.25) is 0 Å². The van der Waals surface area contributed by atoms with E-state index in [1.165, 1.54) is 12.8 Å². The van der Waals surface area contributed by atoms with Crippen LogP contribution in [0.5, 0.6) is 28.7 Å². The second-order valence-corrected chi connectivity index (χ2v) is 29.6. The maximum Gasteiger partial charge on any atom is 0.164 e. The number of hydrogen-bond donors (Lipinski definition) is 8. The third-order valence-corrected chi connectivity index (χ3v) is 24.7. The minimum Gasteiger partial charge on any atom is -0.508 e. The molecule has 5 aliphatic rings. The Morgan fingerprint density at radius 2 is 1.66 bits per heavy atom. The first kappa shape index (κ1) is 60.2. The Balaban J connectivity index is 1.06. The van der Waals surface area contributed by atoms with E-state index in [0.717, 1.165) is 94.0 Å². The molecule has 0 radical (unpaired) electrons. The number of phenolic OH excluding ortho intramolecular Hbond substituents is 3. The van der Waals surface area contributed by atoms with Gasteiger partial charge >= 0.3 is 0 Å². The van der Waals surface area contributed by atoms with Crippen LogP contribution in [0.3, 0.4) is 0 Å². The number of hydrogen-bond acceptors (Lipinski definition) is 15. The number of aromatic hydroxyl groups is 3. The van der Waals surface area contributed by atoms with Gasteiger partial charge in [0.2, 0.25) is 0 Å². The van der Waals surface area contributed by atoms with Crippen molar-refractivity contribution in [1.29, 1.82) is 0 Å². The van der Waals surface area contributed by atoms with E-state index < -0.39 is 41.3 Å². The molecule has 3 saturated carbocycles. The zero-order chi connectivity index (χ0) is 58.0. The Bertz CT molecular complexity index is 3230. The predicted molar refractivity (Wildman–Crippen MR) is 337 cm³/mol. The SMILES string of the molecule is CCc1ccc2cccc3c2c1Cc1c(ccc(O)c1OC)C[C@@H](Cc1cc[nH]c1)[C@H](O)[C@@H]1C(=O)[C@@](c2cc(O)cc(CNC)c2)([C@@H]2CSSC[C@H]4CC[C@@H](COC5(C)CCCC5)C[C@@H]4Oc4cc2ccc4O)[C@H](O)C[C@H]1CSS[C@H]3CO. The van der Waals surface area contributed by atoms with Crippen molar-refractivity contribution in [3.05, 3.63) is 147 Å². The van der Waals surface area contributed by atoms with E-state index in [0.29, 0.717) is 72.5 Å². The summed E-state index contributed by atoms with van der Waals surface area (Å²) in [6.07, 6.45) is 10.3. The van der Waals surface area contributed by atoms with Crippen LogP contribution < -0.4 is 14.8 Å². The first-order valence-corrected chi connectivity index (χ1v) is 34.8. The van der Waals surface area contributed by atoms with Crippen molar-refractivity contribution < 1.29 is 49.6 Å². The van der Waals surface area contributed by atoms with Crippen LogP contribution in [0.4, 0.5) is 0 Å². The molecule has 16 heteroatoms. The Hall–Kier alpha value is -4.49. The van der Waals surface area contributed by atoms with Gasteiger partial charge in [0.15, 0.2) is 28.8 Å². The van der Waals surface area contributed by atoms with E-state index >= 15 is 4.79 Å². The number of aromatic nitrogens is 1. The maximum absolute atomic E-state index is 17.3. The summed E-state index contributed by atoms with van der Waals surface area (Å²) in [6, 6.07) is 26.8. The minimum atomic E-state index is -1.74. The zero-order valence-corrected chi connectivity index (χ0v) is 51.5. The third kappa shape index (κ3) is 12.3. The normalized spacial score (nSPS) is 28.6. The summed E-state index contributed by atoms with van der Waals surface area (Å²) in [4.78, 5) is 20.6. The second kappa shape index (κ2) is 26.2. The summed E-state index contributed by atoms with van der Waals surface area (Å²) in [5, 5.41) is 79.0. The molecule has 12 nitrogen and oxygen atoms in total. The number of methoxy groups -OCH3 is 1. The van der Waals surface area contributed by atoms with Crippen LogP contribution in [-0.4, -0.2) is 110 Å². The van der Waals surface area contributed by atoms with E-state index in [1.807, 2.05) is 55.8 Å². The number of Topliss-reactive ketones (excluding diaryl/α,β-unsaturated/α-hetero) is 1. The van der Waals surface area contributed by atoms with E-state index in [4.69, 9.17) is 14.2 Å². The summed E-state index contributed by atoms with van der Waals surface area (Å²) in [5.74, 6) is -0.546. The van der Waals surface area contributed by atoms with Crippen molar-refractivity contribution in [2.24, 2.45) is 29.6 Å². The molecule has 11 atom stereocenters. The molecular formula is C67H82N2O10S4. The van der Waals surface area contributed by atoms with Gasteiger partial charge in [0.05, 0.1) is 48.8 Å². The molecule has 0 amide bonds. The number of carbonyl (C=O) groups is 1. The number of aliphatic hydroxyl groups excluding tert-OH is 3. The first-order valence-electron chi connectivity index (χ1n) is 29.9. The van der Waals surface area contributed by atoms with Gasteiger partial charge in [-0.1, -0.05) is 111 Å². The highest BCUT2D eigenvalue weighted by molar-refractivity contribution is 8.77. The number of benzene rings is 5. The van der Waals surface area contributed by atoms with E-state index in [1.54, 1.807) is 74.6 Å². The number of carbonyl (C=O) groups excluding carboxylic acids is 1. The Kier molecular flexibility index (Phi) is 19.0. The quantitative estimate of drug-likeness (QED) is 0.0539. The molecule has 2 aliphatic heterocycles. The van der Waals surface area contributed by atoms with E-state index in [-0.39, 0.29) is 58.9 Å². The van der Waals surface area contributed by atoms with Crippen molar-refractivity contribution in [3.8, 4) is 28.7 Å². The summed E-state index contributed by atoms with van der Waals surface area (Å²) in [6.45, 7) is 5.28. The molecule has 8 N–H and O–H groups in total. The number of fused-ring (bicyclic) bond motifs is 5. The number of nitrogens with one attached hydrogen (secondary N) is 2. The number of aromatic amines is 1. The lowest BCUT2D eigenvalue weighted by atomic mass is 9.52. The van der Waals surface area contributed by atoms with Gasteiger partial charge in [-0.15, -0.1) is 0 Å². The van der Waals surface area contributed by atoms with Gasteiger partial charge in [0, 0.05) is 65.9 Å². The van der Waals surface area contributed by atoms with Gasteiger partial charge in [-0.2, -0.15) is 0 Å². The van der Waals surface area contributed by atoms with Gasteiger partial charge in [-0.25, -0.2) is 0 Å². The molecule has 6 aromatic rings. The summed E-state index contributed by atoms with van der Waals surface area (Å²) < 4.78 is 19.8. The molecule has 3 fully saturated rings. The maximum atomic E-state index is 17.3.